The summed E-state index contributed by atoms with van der Waals surface area (Å²) in [6.45, 7) is 1.97. The number of ether oxygens (including phenoxy) is 1. The number of thiocarbonyl (C=S) groups is 1. The molecule has 0 saturated heterocycles. The summed E-state index contributed by atoms with van der Waals surface area (Å²) in [4.78, 5) is 23.7. The van der Waals surface area contributed by atoms with E-state index in [1.54, 1.807) is 48.5 Å². The van der Waals surface area contributed by atoms with Crippen LogP contribution in [0, 0.1) is 0 Å². The molecular formula is C23H20N2O3S. The fourth-order valence-electron chi connectivity index (χ4n) is 2.57. The molecule has 3 aromatic rings. The molecule has 0 atom stereocenters. The van der Waals surface area contributed by atoms with Gasteiger partial charge in [0.15, 0.2) is 10.9 Å². The zero-order valence-corrected chi connectivity index (χ0v) is 16.7. The highest BCUT2D eigenvalue weighted by atomic mass is 32.1. The largest absolute Gasteiger partial charge is 0.489 e. The first-order chi connectivity index (χ1) is 14.0. The van der Waals surface area contributed by atoms with Crippen molar-refractivity contribution in [3.8, 4) is 5.75 Å². The fourth-order valence-corrected chi connectivity index (χ4v) is 2.78. The van der Waals surface area contributed by atoms with Gasteiger partial charge in [0.2, 0.25) is 0 Å². The zero-order valence-electron chi connectivity index (χ0n) is 15.8. The van der Waals surface area contributed by atoms with Crippen molar-refractivity contribution in [3.05, 3.63) is 95.6 Å². The third kappa shape index (κ3) is 5.99. The molecule has 146 valence electrons. The number of ketones is 1. The molecule has 0 heterocycles. The highest BCUT2D eigenvalue weighted by molar-refractivity contribution is 7.80. The fraction of sp³-hybridized carbons (Fsp3) is 0.0870. The summed E-state index contributed by atoms with van der Waals surface area (Å²) in [5.41, 5.74) is 2.83. The van der Waals surface area contributed by atoms with Crippen molar-refractivity contribution in [3.63, 3.8) is 0 Å². The first kappa shape index (κ1) is 20.2. The van der Waals surface area contributed by atoms with Crippen LogP contribution in [0.3, 0.4) is 0 Å². The summed E-state index contributed by atoms with van der Waals surface area (Å²) in [5, 5.41) is 5.73. The average Bonchev–Trinajstić information content (AvgIpc) is 2.73. The summed E-state index contributed by atoms with van der Waals surface area (Å²) in [5.74, 6) is 0.345. The molecular weight excluding hydrogens is 384 g/mol. The van der Waals surface area contributed by atoms with E-state index in [2.05, 4.69) is 10.6 Å². The molecule has 0 bridgehead atoms. The summed E-state index contributed by atoms with van der Waals surface area (Å²) >= 11 is 5.18. The minimum Gasteiger partial charge on any atom is -0.489 e. The lowest BCUT2D eigenvalue weighted by Gasteiger charge is -2.11. The molecule has 3 rings (SSSR count). The quantitative estimate of drug-likeness (QED) is 0.464. The van der Waals surface area contributed by atoms with Gasteiger partial charge in [-0.25, -0.2) is 0 Å². The summed E-state index contributed by atoms with van der Waals surface area (Å²) in [6.07, 6.45) is 0. The average molecular weight is 404 g/mol. The topological polar surface area (TPSA) is 67.4 Å². The SMILES string of the molecule is CC(=O)c1ccc(NC(=S)NC(=O)c2ccc(OCc3ccccc3)cc2)cc1. The predicted octanol–water partition coefficient (Wildman–Crippen LogP) is 4.60. The van der Waals surface area contributed by atoms with E-state index in [-0.39, 0.29) is 16.8 Å². The zero-order chi connectivity index (χ0) is 20.6. The van der Waals surface area contributed by atoms with E-state index in [1.165, 1.54) is 6.92 Å². The lowest BCUT2D eigenvalue weighted by Crippen LogP contribution is -2.34. The second-order valence-electron chi connectivity index (χ2n) is 6.34. The number of Topliss-reactive ketones (excluding diaryl/α,β-unsaturated/α-hetero) is 1. The van der Waals surface area contributed by atoms with Crippen molar-refractivity contribution in [2.24, 2.45) is 0 Å². The van der Waals surface area contributed by atoms with Gasteiger partial charge in [0, 0.05) is 16.8 Å². The number of amides is 1. The number of carbonyl (C=O) groups is 2. The molecule has 0 aromatic heterocycles. The molecule has 0 spiro atoms. The van der Waals surface area contributed by atoms with Crippen molar-refractivity contribution in [1.29, 1.82) is 0 Å². The molecule has 0 aliphatic carbocycles. The van der Waals surface area contributed by atoms with Gasteiger partial charge in [-0.3, -0.25) is 14.9 Å². The van der Waals surface area contributed by atoms with Crippen LogP contribution in [0.1, 0.15) is 33.2 Å². The maximum absolute atomic E-state index is 12.4. The van der Waals surface area contributed by atoms with E-state index in [0.29, 0.717) is 29.2 Å². The Morgan fingerprint density at radius 1 is 0.862 bits per heavy atom. The lowest BCUT2D eigenvalue weighted by molar-refractivity contribution is 0.0976. The Bertz CT molecular complexity index is 1000. The Labute approximate surface area is 174 Å². The van der Waals surface area contributed by atoms with Crippen molar-refractivity contribution >= 4 is 34.7 Å². The van der Waals surface area contributed by atoms with Crippen LogP contribution in [0.25, 0.3) is 0 Å². The van der Waals surface area contributed by atoms with Gasteiger partial charge in [-0.1, -0.05) is 30.3 Å². The van der Waals surface area contributed by atoms with Gasteiger partial charge in [0.25, 0.3) is 5.91 Å². The third-order valence-electron chi connectivity index (χ3n) is 4.14. The van der Waals surface area contributed by atoms with Crippen LogP contribution in [-0.4, -0.2) is 16.8 Å². The van der Waals surface area contributed by atoms with E-state index in [1.807, 2.05) is 30.3 Å². The number of anilines is 1. The Balaban J connectivity index is 1.51. The van der Waals surface area contributed by atoms with Gasteiger partial charge in [-0.15, -0.1) is 0 Å². The molecule has 5 nitrogen and oxygen atoms in total. The van der Waals surface area contributed by atoms with Crippen molar-refractivity contribution in [2.75, 3.05) is 5.32 Å². The Hall–Kier alpha value is -3.51. The molecule has 0 radical (unpaired) electrons. The maximum Gasteiger partial charge on any atom is 0.257 e. The van der Waals surface area contributed by atoms with Crippen molar-refractivity contribution < 1.29 is 14.3 Å². The van der Waals surface area contributed by atoms with Crippen LogP contribution in [0.4, 0.5) is 5.69 Å². The minimum atomic E-state index is -0.322. The van der Waals surface area contributed by atoms with E-state index in [0.717, 1.165) is 5.56 Å². The maximum atomic E-state index is 12.4. The van der Waals surface area contributed by atoms with E-state index in [4.69, 9.17) is 17.0 Å². The van der Waals surface area contributed by atoms with E-state index in [9.17, 15) is 9.59 Å². The molecule has 0 aliphatic heterocycles. The van der Waals surface area contributed by atoms with Gasteiger partial charge in [-0.2, -0.15) is 0 Å². The number of hydrogen-bond donors (Lipinski definition) is 2. The highest BCUT2D eigenvalue weighted by Gasteiger charge is 2.09. The van der Waals surface area contributed by atoms with Crippen LogP contribution < -0.4 is 15.4 Å². The molecule has 0 saturated carbocycles. The normalized spacial score (nSPS) is 10.1. The molecule has 29 heavy (non-hydrogen) atoms. The Kier molecular flexibility index (Phi) is 6.71. The summed E-state index contributed by atoms with van der Waals surface area (Å²) in [7, 11) is 0. The van der Waals surface area contributed by atoms with Crippen LogP contribution in [0.15, 0.2) is 78.9 Å². The second-order valence-corrected chi connectivity index (χ2v) is 6.75. The molecule has 6 heteroatoms. The van der Waals surface area contributed by atoms with Crippen LogP contribution in [0.2, 0.25) is 0 Å². The molecule has 3 aromatic carbocycles. The molecule has 0 fully saturated rings. The standard InChI is InChI=1S/C23H20N2O3S/c1-16(26)18-7-11-20(12-8-18)24-23(29)25-22(27)19-9-13-21(14-10-19)28-15-17-5-3-2-4-6-17/h2-14H,15H2,1H3,(H2,24,25,27,29). The minimum absolute atomic E-state index is 0.0105. The van der Waals surface area contributed by atoms with Crippen LogP contribution in [0.5, 0.6) is 5.75 Å². The molecule has 0 unspecified atom stereocenters. The Morgan fingerprint density at radius 2 is 1.48 bits per heavy atom. The number of rotatable bonds is 6. The predicted molar refractivity (Wildman–Crippen MR) is 117 cm³/mol. The van der Waals surface area contributed by atoms with Crippen molar-refractivity contribution in [2.45, 2.75) is 13.5 Å². The smallest absolute Gasteiger partial charge is 0.257 e. The van der Waals surface area contributed by atoms with Gasteiger partial charge in [0.05, 0.1) is 0 Å². The van der Waals surface area contributed by atoms with Crippen LogP contribution >= 0.6 is 12.2 Å². The summed E-state index contributed by atoms with van der Waals surface area (Å²) in [6, 6.07) is 23.6. The number of benzene rings is 3. The van der Waals surface area contributed by atoms with Gasteiger partial charge >= 0.3 is 0 Å². The molecule has 2 N–H and O–H groups in total. The second kappa shape index (κ2) is 9.61. The first-order valence-corrected chi connectivity index (χ1v) is 9.42. The number of carbonyl (C=O) groups excluding carboxylic acids is 2. The highest BCUT2D eigenvalue weighted by Crippen LogP contribution is 2.15. The lowest BCUT2D eigenvalue weighted by atomic mass is 10.1. The third-order valence-corrected chi connectivity index (χ3v) is 4.35. The monoisotopic (exact) mass is 404 g/mol. The van der Waals surface area contributed by atoms with Crippen molar-refractivity contribution in [1.82, 2.24) is 5.32 Å². The van der Waals surface area contributed by atoms with E-state index >= 15 is 0 Å². The van der Waals surface area contributed by atoms with Gasteiger partial charge in [0.1, 0.15) is 12.4 Å². The number of hydrogen-bond acceptors (Lipinski definition) is 4. The van der Waals surface area contributed by atoms with Gasteiger partial charge < -0.3 is 10.1 Å². The summed E-state index contributed by atoms with van der Waals surface area (Å²) < 4.78 is 5.72. The molecule has 1 amide bonds. The van der Waals surface area contributed by atoms with Crippen LogP contribution in [-0.2, 0) is 6.61 Å². The van der Waals surface area contributed by atoms with Gasteiger partial charge in [-0.05, 0) is 73.2 Å². The Morgan fingerprint density at radius 3 is 2.10 bits per heavy atom. The first-order valence-electron chi connectivity index (χ1n) is 9.01. The van der Waals surface area contributed by atoms with E-state index < -0.39 is 0 Å². The molecule has 0 aliphatic rings. The number of nitrogens with one attached hydrogen (secondary N) is 2.